The maximum absolute atomic E-state index is 5.43. The molecule has 3 nitrogen and oxygen atoms in total. The maximum atomic E-state index is 5.43. The van der Waals surface area contributed by atoms with Gasteiger partial charge in [0.2, 0.25) is 0 Å². The molecule has 0 bridgehead atoms. The second kappa shape index (κ2) is 3.95. The number of pyridine rings is 1. The highest BCUT2D eigenvalue weighted by molar-refractivity contribution is 7.71. The minimum absolute atomic E-state index is 0.443. The van der Waals surface area contributed by atoms with Gasteiger partial charge >= 0.3 is 0 Å². The number of hydrogen-bond acceptors (Lipinski definition) is 2. The van der Waals surface area contributed by atoms with Crippen molar-refractivity contribution in [1.29, 1.82) is 0 Å². The molecule has 2 aromatic rings. The number of aryl methyl sites for hydroxylation is 1. The second-order valence-corrected chi connectivity index (χ2v) is 5.54. The normalized spacial score (nSPS) is 17.5. The van der Waals surface area contributed by atoms with E-state index < -0.39 is 0 Å². The largest absolute Gasteiger partial charge is 0.329 e. The number of rotatable bonds is 3. The molecule has 1 unspecified atom stereocenters. The van der Waals surface area contributed by atoms with Gasteiger partial charge < -0.3 is 4.98 Å². The lowest BCUT2D eigenvalue weighted by Crippen LogP contribution is -2.06. The van der Waals surface area contributed by atoms with E-state index in [0.29, 0.717) is 6.04 Å². The molecule has 0 radical (unpaired) electrons. The molecule has 1 atom stereocenters. The number of aromatic amines is 1. The summed E-state index contributed by atoms with van der Waals surface area (Å²) in [5.41, 5.74) is 3.29. The molecule has 90 valence electrons. The molecule has 0 aliphatic heterocycles. The summed E-state index contributed by atoms with van der Waals surface area (Å²) < 4.78 is 2.98. The minimum atomic E-state index is 0.443. The van der Waals surface area contributed by atoms with Gasteiger partial charge in [-0.25, -0.2) is 4.98 Å². The third-order valence-corrected chi connectivity index (χ3v) is 3.93. The van der Waals surface area contributed by atoms with Gasteiger partial charge in [-0.05, 0) is 50.0 Å². The van der Waals surface area contributed by atoms with Crippen LogP contribution in [0.3, 0.4) is 0 Å². The van der Waals surface area contributed by atoms with Gasteiger partial charge in [-0.2, -0.15) is 0 Å². The Morgan fingerprint density at radius 2 is 2.35 bits per heavy atom. The van der Waals surface area contributed by atoms with E-state index in [9.17, 15) is 0 Å². The van der Waals surface area contributed by atoms with Crippen molar-refractivity contribution in [3.05, 3.63) is 22.6 Å². The molecule has 2 heterocycles. The zero-order chi connectivity index (χ0) is 12.0. The summed E-state index contributed by atoms with van der Waals surface area (Å²) in [7, 11) is 0. The van der Waals surface area contributed by atoms with E-state index in [1.54, 1.807) is 0 Å². The summed E-state index contributed by atoms with van der Waals surface area (Å²) in [5, 5.41) is 0. The average Bonchev–Trinajstić information content (AvgIpc) is 3.00. The molecule has 0 amide bonds. The standard InChI is InChI=1S/C13H17N3S/c1-8-5-6-14-12-11(8)15-13(17)16(12)9(2)7-10-3-4-10/h5-6,9-10H,3-4,7H2,1-2H3,(H,15,17). The van der Waals surface area contributed by atoms with Crippen LogP contribution in [-0.2, 0) is 0 Å². The summed E-state index contributed by atoms with van der Waals surface area (Å²) in [4.78, 5) is 7.76. The number of nitrogens with zero attached hydrogens (tertiary/aromatic N) is 2. The van der Waals surface area contributed by atoms with Crippen molar-refractivity contribution >= 4 is 23.4 Å². The summed E-state index contributed by atoms with van der Waals surface area (Å²) in [5.74, 6) is 0.904. The topological polar surface area (TPSA) is 33.6 Å². The van der Waals surface area contributed by atoms with E-state index in [1.165, 1.54) is 24.8 Å². The average molecular weight is 247 g/mol. The number of imidazole rings is 1. The molecular formula is C13H17N3S. The van der Waals surface area contributed by atoms with Crippen LogP contribution in [0.1, 0.15) is 37.8 Å². The molecule has 1 fully saturated rings. The van der Waals surface area contributed by atoms with Crippen LogP contribution < -0.4 is 0 Å². The molecular weight excluding hydrogens is 230 g/mol. The number of fused-ring (bicyclic) bond motifs is 1. The van der Waals surface area contributed by atoms with Crippen LogP contribution in [0, 0.1) is 17.6 Å². The highest BCUT2D eigenvalue weighted by atomic mass is 32.1. The Bertz CT molecular complexity index is 607. The first kappa shape index (κ1) is 11.0. The molecule has 0 saturated heterocycles. The van der Waals surface area contributed by atoms with Crippen molar-refractivity contribution < 1.29 is 0 Å². The fourth-order valence-electron chi connectivity index (χ4n) is 2.49. The first-order valence-electron chi connectivity index (χ1n) is 6.22. The fourth-order valence-corrected chi connectivity index (χ4v) is 2.86. The quantitative estimate of drug-likeness (QED) is 0.838. The third kappa shape index (κ3) is 1.90. The molecule has 0 spiro atoms. The van der Waals surface area contributed by atoms with Gasteiger partial charge in [-0.15, -0.1) is 0 Å². The van der Waals surface area contributed by atoms with Crippen molar-refractivity contribution in [3.8, 4) is 0 Å². The van der Waals surface area contributed by atoms with Gasteiger partial charge in [-0.3, -0.25) is 4.57 Å². The van der Waals surface area contributed by atoms with E-state index in [0.717, 1.165) is 21.9 Å². The Morgan fingerprint density at radius 3 is 3.06 bits per heavy atom. The molecule has 17 heavy (non-hydrogen) atoms. The lowest BCUT2D eigenvalue weighted by atomic mass is 10.1. The second-order valence-electron chi connectivity index (χ2n) is 5.15. The number of H-pyrrole nitrogens is 1. The summed E-state index contributed by atoms with van der Waals surface area (Å²) in [6.45, 7) is 4.33. The third-order valence-electron chi connectivity index (χ3n) is 3.63. The van der Waals surface area contributed by atoms with Crippen LogP contribution >= 0.6 is 12.2 Å². The monoisotopic (exact) mass is 247 g/mol. The SMILES string of the molecule is Cc1ccnc2c1[nH]c(=S)n2C(C)CC1CC1. The van der Waals surface area contributed by atoms with Crippen LogP contribution in [0.25, 0.3) is 11.2 Å². The lowest BCUT2D eigenvalue weighted by molar-refractivity contribution is 0.481. The number of aromatic nitrogens is 3. The van der Waals surface area contributed by atoms with Gasteiger partial charge in [0, 0.05) is 12.2 Å². The molecule has 1 aliphatic carbocycles. The van der Waals surface area contributed by atoms with Crippen molar-refractivity contribution in [2.24, 2.45) is 5.92 Å². The van der Waals surface area contributed by atoms with Crippen LogP contribution in [0.2, 0.25) is 0 Å². The van der Waals surface area contributed by atoms with E-state index in [2.05, 4.69) is 28.4 Å². The van der Waals surface area contributed by atoms with Crippen molar-refractivity contribution in [1.82, 2.24) is 14.5 Å². The van der Waals surface area contributed by atoms with Crippen LogP contribution in [0.4, 0.5) is 0 Å². The Balaban J connectivity index is 2.11. The van der Waals surface area contributed by atoms with E-state index in [1.807, 2.05) is 12.3 Å². The Hall–Kier alpha value is -1.16. The van der Waals surface area contributed by atoms with Gasteiger partial charge in [0.15, 0.2) is 10.4 Å². The maximum Gasteiger partial charge on any atom is 0.179 e. The summed E-state index contributed by atoms with van der Waals surface area (Å²) >= 11 is 5.43. The molecule has 0 aromatic carbocycles. The van der Waals surface area contributed by atoms with Crippen molar-refractivity contribution in [2.75, 3.05) is 0 Å². The highest BCUT2D eigenvalue weighted by Gasteiger charge is 2.25. The highest BCUT2D eigenvalue weighted by Crippen LogP contribution is 2.37. The zero-order valence-corrected chi connectivity index (χ0v) is 11.0. The smallest absolute Gasteiger partial charge is 0.179 e. The Labute approximate surface area is 106 Å². The predicted octanol–water partition coefficient (Wildman–Crippen LogP) is 3.76. The minimum Gasteiger partial charge on any atom is -0.329 e. The van der Waals surface area contributed by atoms with Crippen LogP contribution in [0.5, 0.6) is 0 Å². The zero-order valence-electron chi connectivity index (χ0n) is 10.2. The first-order chi connectivity index (χ1) is 8.16. The summed E-state index contributed by atoms with van der Waals surface area (Å²) in [6.07, 6.45) is 5.84. The van der Waals surface area contributed by atoms with Crippen molar-refractivity contribution in [2.45, 2.75) is 39.2 Å². The van der Waals surface area contributed by atoms with Gasteiger partial charge in [0.05, 0.1) is 5.52 Å². The molecule has 3 rings (SSSR count). The molecule has 1 saturated carbocycles. The predicted molar refractivity (Wildman–Crippen MR) is 71.7 cm³/mol. The Kier molecular flexibility index (Phi) is 2.54. The van der Waals surface area contributed by atoms with Gasteiger partial charge in [0.1, 0.15) is 0 Å². The lowest BCUT2D eigenvalue weighted by Gasteiger charge is -2.13. The number of hydrogen-bond donors (Lipinski definition) is 1. The van der Waals surface area contributed by atoms with Gasteiger partial charge in [0.25, 0.3) is 0 Å². The first-order valence-corrected chi connectivity index (χ1v) is 6.63. The molecule has 1 N–H and O–H groups in total. The van der Waals surface area contributed by atoms with E-state index in [-0.39, 0.29) is 0 Å². The van der Waals surface area contributed by atoms with E-state index in [4.69, 9.17) is 12.2 Å². The van der Waals surface area contributed by atoms with Gasteiger partial charge in [-0.1, -0.05) is 12.8 Å². The summed E-state index contributed by atoms with van der Waals surface area (Å²) in [6, 6.07) is 2.46. The van der Waals surface area contributed by atoms with Crippen LogP contribution in [0.15, 0.2) is 12.3 Å². The Morgan fingerprint density at radius 1 is 1.59 bits per heavy atom. The number of nitrogens with one attached hydrogen (secondary N) is 1. The molecule has 4 heteroatoms. The molecule has 1 aliphatic rings. The van der Waals surface area contributed by atoms with Crippen LogP contribution in [-0.4, -0.2) is 14.5 Å². The fraction of sp³-hybridized carbons (Fsp3) is 0.538. The van der Waals surface area contributed by atoms with Crippen molar-refractivity contribution in [3.63, 3.8) is 0 Å². The molecule has 2 aromatic heterocycles. The van der Waals surface area contributed by atoms with E-state index >= 15 is 0 Å².